The summed E-state index contributed by atoms with van der Waals surface area (Å²) in [4.78, 5) is 29.9. The Bertz CT molecular complexity index is 940. The molecule has 2 saturated carbocycles. The van der Waals surface area contributed by atoms with Crippen molar-refractivity contribution in [3.8, 4) is 5.40 Å². The summed E-state index contributed by atoms with van der Waals surface area (Å²) in [5, 5.41) is 12.5. The molecule has 2 aliphatic carbocycles. The van der Waals surface area contributed by atoms with Crippen molar-refractivity contribution in [2.24, 2.45) is 4.99 Å². The highest BCUT2D eigenvalue weighted by Gasteiger charge is 2.54. The molecular weight excluding hydrogens is 532 g/mol. The van der Waals surface area contributed by atoms with Crippen molar-refractivity contribution in [1.29, 1.82) is 5.26 Å². The van der Waals surface area contributed by atoms with Gasteiger partial charge < -0.3 is 28.4 Å². The first kappa shape index (κ1) is 29.4. The van der Waals surface area contributed by atoms with Gasteiger partial charge in [0.25, 0.3) is 0 Å². The van der Waals surface area contributed by atoms with E-state index >= 15 is 0 Å². The second-order valence-electron chi connectivity index (χ2n) is 10.4. The summed E-state index contributed by atoms with van der Waals surface area (Å²) in [5.74, 6) is -2.77. The molecule has 0 radical (unpaired) electrons. The average Bonchev–Trinajstić information content (AvgIpc) is 3.51. The molecule has 38 heavy (non-hydrogen) atoms. The topological polar surface area (TPSA) is 126 Å². The van der Waals surface area contributed by atoms with Crippen molar-refractivity contribution >= 4 is 41.1 Å². The molecule has 2 saturated heterocycles. The highest BCUT2D eigenvalue weighted by molar-refractivity contribution is 8.04. The molecule has 4 fully saturated rings. The maximum Gasteiger partial charge on any atom is 0.331 e. The third-order valence-electron chi connectivity index (χ3n) is 7.69. The van der Waals surface area contributed by atoms with Gasteiger partial charge in [-0.3, -0.25) is 4.79 Å². The minimum atomic E-state index is -1.05. The van der Waals surface area contributed by atoms with E-state index < -0.39 is 59.2 Å². The Labute approximate surface area is 233 Å². The molecule has 10 nitrogen and oxygen atoms in total. The van der Waals surface area contributed by atoms with E-state index in [1.807, 2.05) is 5.40 Å². The van der Waals surface area contributed by atoms with Gasteiger partial charge in [0.15, 0.2) is 29.8 Å². The summed E-state index contributed by atoms with van der Waals surface area (Å²) in [5.41, 5.74) is 0. The molecule has 0 amide bonds. The normalized spacial score (nSPS) is 29.0. The van der Waals surface area contributed by atoms with Crippen LogP contribution in [0.15, 0.2) is 4.99 Å². The van der Waals surface area contributed by atoms with Gasteiger partial charge in [-0.25, -0.2) is 9.79 Å². The number of thiocyanates is 1. The predicted octanol–water partition coefficient (Wildman–Crippen LogP) is 4.06. The summed E-state index contributed by atoms with van der Waals surface area (Å²) < 4.78 is 37.1. The molecule has 0 aromatic rings. The molecule has 210 valence electrons. The highest BCUT2D eigenvalue weighted by Crippen LogP contribution is 2.43. The molecule has 2 spiro atoms. The molecule has 0 aromatic heterocycles. The van der Waals surface area contributed by atoms with Gasteiger partial charge in [-0.1, -0.05) is 12.8 Å². The van der Waals surface area contributed by atoms with Crippen molar-refractivity contribution in [2.75, 3.05) is 13.2 Å². The number of nitrogens with zero attached hydrogens (tertiary/aromatic N) is 2. The Balaban J connectivity index is 1.62. The molecule has 12 heteroatoms. The van der Waals surface area contributed by atoms with E-state index in [1.165, 1.54) is 0 Å². The number of isothiocyanates is 1. The molecule has 0 aromatic carbocycles. The van der Waals surface area contributed by atoms with E-state index in [-0.39, 0.29) is 13.2 Å². The zero-order valence-corrected chi connectivity index (χ0v) is 23.6. The number of esters is 2. The van der Waals surface area contributed by atoms with Crippen LogP contribution in [0.3, 0.4) is 0 Å². The van der Waals surface area contributed by atoms with Crippen molar-refractivity contribution in [3.63, 3.8) is 0 Å². The Morgan fingerprint density at radius 1 is 0.895 bits per heavy atom. The summed E-state index contributed by atoms with van der Waals surface area (Å²) in [6.07, 6.45) is 5.54. The third kappa shape index (κ3) is 6.94. The maximum absolute atomic E-state index is 13.1. The van der Waals surface area contributed by atoms with E-state index in [1.54, 1.807) is 13.8 Å². The Kier molecular flexibility index (Phi) is 10.2. The first-order chi connectivity index (χ1) is 18.3. The Morgan fingerprint density at radius 2 is 1.37 bits per heavy atom. The zero-order valence-electron chi connectivity index (χ0n) is 21.9. The smallest absolute Gasteiger partial charge is 0.331 e. The maximum atomic E-state index is 13.1. The molecule has 4 rings (SSSR count). The number of hydrogen-bond donors (Lipinski definition) is 0. The van der Waals surface area contributed by atoms with Crippen LogP contribution in [0, 0.1) is 10.7 Å². The van der Waals surface area contributed by atoms with Crippen LogP contribution in [-0.2, 0) is 38.0 Å². The molecule has 6 atom stereocenters. The molecule has 0 unspecified atom stereocenters. The largest absolute Gasteiger partial charge is 0.455 e. The van der Waals surface area contributed by atoms with Gasteiger partial charge in [0.05, 0.1) is 18.4 Å². The van der Waals surface area contributed by atoms with E-state index in [4.69, 9.17) is 33.7 Å². The summed E-state index contributed by atoms with van der Waals surface area (Å²) in [6.45, 7) is 3.47. The first-order valence-corrected chi connectivity index (χ1v) is 14.8. The summed E-state index contributed by atoms with van der Waals surface area (Å²) in [7, 11) is 0. The number of aliphatic imine (C=N–C) groups is 1. The fourth-order valence-corrected chi connectivity index (χ4v) is 6.08. The second kappa shape index (κ2) is 13.2. The number of carbonyl (C=O) groups is 2. The van der Waals surface area contributed by atoms with E-state index in [0.717, 1.165) is 76.0 Å². The Morgan fingerprint density at radius 3 is 1.82 bits per heavy atom. The number of thioether (sulfide) groups is 1. The molecular formula is C26H36N2O8S2. The fraction of sp³-hybridized carbons (Fsp3) is 0.846. The van der Waals surface area contributed by atoms with Crippen LogP contribution >= 0.6 is 24.0 Å². The van der Waals surface area contributed by atoms with Gasteiger partial charge in [0.2, 0.25) is 0 Å². The average molecular weight is 569 g/mol. The standard InChI is InChI=1S/C26H36N2O8S2/c1-17(28-16-37)23(29)33-21(19-13-31-25(35-19)9-5-3-6-10-25)22(34-24(30)18(2)38-15-27)20-14-32-26(36-20)11-7-4-8-12-26/h17-22H,3-14H2,1-2H3/t17-,18-,19+,20+,21+,22+/m0/s1. The third-order valence-corrected chi connectivity index (χ3v) is 8.45. The van der Waals surface area contributed by atoms with Crippen LogP contribution in [0.1, 0.15) is 78.1 Å². The van der Waals surface area contributed by atoms with Crippen molar-refractivity contribution < 1.29 is 38.0 Å². The molecule has 0 bridgehead atoms. The van der Waals surface area contributed by atoms with Crippen LogP contribution in [0.5, 0.6) is 0 Å². The van der Waals surface area contributed by atoms with Crippen LogP contribution in [0.4, 0.5) is 0 Å². The van der Waals surface area contributed by atoms with Crippen molar-refractivity contribution in [3.05, 3.63) is 0 Å². The van der Waals surface area contributed by atoms with E-state index in [9.17, 15) is 9.59 Å². The van der Waals surface area contributed by atoms with Crippen LogP contribution in [0.2, 0.25) is 0 Å². The lowest BCUT2D eigenvalue weighted by molar-refractivity contribution is -0.228. The van der Waals surface area contributed by atoms with E-state index in [2.05, 4.69) is 22.4 Å². The highest BCUT2D eigenvalue weighted by atomic mass is 32.2. The van der Waals surface area contributed by atoms with E-state index in [0.29, 0.717) is 0 Å². The quantitative estimate of drug-likeness (QED) is 0.173. The molecule has 4 aliphatic rings. The van der Waals surface area contributed by atoms with Gasteiger partial charge in [-0.15, -0.1) is 0 Å². The van der Waals surface area contributed by atoms with Gasteiger partial charge in [-0.2, -0.15) is 5.26 Å². The lowest BCUT2D eigenvalue weighted by Gasteiger charge is -2.37. The monoisotopic (exact) mass is 568 g/mol. The molecule has 2 heterocycles. The minimum Gasteiger partial charge on any atom is -0.455 e. The number of nitriles is 1. The summed E-state index contributed by atoms with van der Waals surface area (Å²) in [6, 6.07) is -0.907. The van der Waals surface area contributed by atoms with Gasteiger partial charge in [0, 0.05) is 25.7 Å². The lowest BCUT2D eigenvalue weighted by Crippen LogP contribution is -2.53. The minimum absolute atomic E-state index is 0.165. The fourth-order valence-electron chi connectivity index (χ4n) is 5.62. The Hall–Kier alpha value is -1.58. The SMILES string of the molecule is C[C@H](N=C=S)C(=O)O[C@@H]([C@H](OC(=O)[C@H](C)SC#N)[C@H]1COC2(CCCCC2)O1)[C@H]1COC2(CCCCC2)O1. The van der Waals surface area contributed by atoms with Gasteiger partial charge >= 0.3 is 11.9 Å². The van der Waals surface area contributed by atoms with Crippen LogP contribution in [0.25, 0.3) is 0 Å². The van der Waals surface area contributed by atoms with Gasteiger partial charge in [0.1, 0.15) is 22.9 Å². The molecule has 0 N–H and O–H groups in total. The number of thiocarbonyl (C=S) groups is 1. The van der Waals surface area contributed by atoms with Crippen molar-refractivity contribution in [1.82, 2.24) is 0 Å². The second-order valence-corrected chi connectivity index (χ2v) is 11.7. The lowest BCUT2D eigenvalue weighted by atomic mass is 9.94. The van der Waals surface area contributed by atoms with Crippen molar-refractivity contribution in [2.45, 2.75) is 125 Å². The first-order valence-electron chi connectivity index (χ1n) is 13.5. The number of carbonyl (C=O) groups excluding carboxylic acids is 2. The molecule has 2 aliphatic heterocycles. The number of rotatable bonds is 9. The predicted molar refractivity (Wildman–Crippen MR) is 140 cm³/mol. The van der Waals surface area contributed by atoms with Crippen LogP contribution in [-0.4, -0.2) is 77.6 Å². The number of ether oxygens (including phenoxy) is 6. The van der Waals surface area contributed by atoms with Crippen LogP contribution < -0.4 is 0 Å². The van der Waals surface area contributed by atoms with Gasteiger partial charge in [-0.05, 0) is 63.5 Å². The summed E-state index contributed by atoms with van der Waals surface area (Å²) >= 11 is 5.46. The number of hydrogen-bond acceptors (Lipinski definition) is 12. The zero-order chi connectivity index (χ0) is 27.2.